The molecule has 1 amide bonds. The number of carbonyl (C=O) groups excluding carboxylic acids is 1. The molecule has 2 aromatic heterocycles. The Morgan fingerprint density at radius 2 is 1.97 bits per heavy atom. The Labute approximate surface area is 185 Å². The van der Waals surface area contributed by atoms with E-state index in [9.17, 15) is 31.0 Å². The van der Waals surface area contributed by atoms with E-state index in [4.69, 9.17) is 9.92 Å². The van der Waals surface area contributed by atoms with E-state index in [1.807, 2.05) is 0 Å². The summed E-state index contributed by atoms with van der Waals surface area (Å²) >= 11 is 0. The number of hydrogen-bond donors (Lipinski definition) is 3. The summed E-state index contributed by atoms with van der Waals surface area (Å²) in [5.74, 6) is -4.22. The van der Waals surface area contributed by atoms with Crippen molar-refractivity contribution in [2.75, 3.05) is 23.3 Å². The zero-order valence-corrected chi connectivity index (χ0v) is 18.1. The number of nitrogens with one attached hydrogen (secondary N) is 2. The number of nitrogens with two attached hydrogens (primary N) is 1. The lowest BCUT2D eigenvalue weighted by molar-refractivity contribution is -0.142. The zero-order chi connectivity index (χ0) is 24.6. The molecule has 15 heteroatoms. The topological polar surface area (TPSA) is 138 Å². The standard InChI is InChI=1S/C18H20F5N7O2S/c1-10-13(16(31)27-11-3-6-26-12(9-11)33(24,25)32)15(29-28-14(10)18(21,22)23)30-7-2-4-17(19,20)5-8-30/h3,6,9H,2,4-5,7-8H2,1H3,(H3,24,25,32)(H,26,27,31). The number of rotatable bonds is 4. The molecule has 0 spiro atoms. The Bertz CT molecular complexity index is 1170. The molecule has 33 heavy (non-hydrogen) atoms. The first-order valence-electron chi connectivity index (χ1n) is 9.60. The van der Waals surface area contributed by atoms with Gasteiger partial charge in [0.25, 0.3) is 5.91 Å². The number of halogens is 5. The number of anilines is 2. The number of carbonyl (C=O) groups is 1. The number of alkyl halides is 5. The Kier molecular flexibility index (Phi) is 6.57. The summed E-state index contributed by atoms with van der Waals surface area (Å²) in [5, 5.41) is 14.0. The number of amides is 1. The minimum Gasteiger partial charge on any atom is -0.354 e. The smallest absolute Gasteiger partial charge is 0.354 e. The van der Waals surface area contributed by atoms with Gasteiger partial charge >= 0.3 is 6.18 Å². The van der Waals surface area contributed by atoms with E-state index in [0.29, 0.717) is 0 Å². The van der Waals surface area contributed by atoms with Crippen molar-refractivity contribution in [2.24, 2.45) is 5.14 Å². The van der Waals surface area contributed by atoms with Gasteiger partial charge in [0.15, 0.2) is 16.5 Å². The lowest BCUT2D eigenvalue weighted by atomic mass is 10.1. The summed E-state index contributed by atoms with van der Waals surface area (Å²) < 4.78 is 86.9. The van der Waals surface area contributed by atoms with Gasteiger partial charge in [-0.1, -0.05) is 0 Å². The fraction of sp³-hybridized carbons (Fsp3) is 0.444. The monoisotopic (exact) mass is 493 g/mol. The predicted octanol–water partition coefficient (Wildman–Crippen LogP) is 3.36. The molecule has 180 valence electrons. The molecule has 1 atom stereocenters. The summed E-state index contributed by atoms with van der Waals surface area (Å²) in [7, 11) is -3.71. The molecule has 3 rings (SSSR count). The van der Waals surface area contributed by atoms with Crippen molar-refractivity contribution in [1.82, 2.24) is 15.2 Å². The largest absolute Gasteiger partial charge is 0.435 e. The van der Waals surface area contributed by atoms with Gasteiger partial charge < -0.3 is 10.2 Å². The number of hydrogen-bond acceptors (Lipinski definition) is 7. The molecule has 1 saturated heterocycles. The number of pyridine rings is 1. The quantitative estimate of drug-likeness (QED) is 0.559. The molecule has 0 aliphatic carbocycles. The Hall–Kier alpha value is -2.94. The zero-order valence-electron chi connectivity index (χ0n) is 17.2. The van der Waals surface area contributed by atoms with Gasteiger partial charge in [0.1, 0.15) is 9.92 Å². The molecule has 9 nitrogen and oxygen atoms in total. The highest BCUT2D eigenvalue weighted by molar-refractivity contribution is 7.90. The summed E-state index contributed by atoms with van der Waals surface area (Å²) in [6, 6.07) is 2.31. The van der Waals surface area contributed by atoms with Crippen molar-refractivity contribution >= 4 is 27.3 Å². The van der Waals surface area contributed by atoms with Gasteiger partial charge in [-0.15, -0.1) is 10.2 Å². The molecule has 0 bridgehead atoms. The second kappa shape index (κ2) is 8.78. The fourth-order valence-corrected chi connectivity index (χ4v) is 3.91. The molecular formula is C18H20F5N7O2S. The highest BCUT2D eigenvalue weighted by Crippen LogP contribution is 2.36. The molecule has 3 heterocycles. The van der Waals surface area contributed by atoms with Crippen LogP contribution < -0.4 is 15.4 Å². The van der Waals surface area contributed by atoms with Crippen LogP contribution in [-0.2, 0) is 16.1 Å². The van der Waals surface area contributed by atoms with Crippen LogP contribution in [-0.4, -0.2) is 44.3 Å². The summed E-state index contributed by atoms with van der Waals surface area (Å²) in [6.07, 6.45) is -4.71. The van der Waals surface area contributed by atoms with Gasteiger partial charge in [-0.25, -0.2) is 27.9 Å². The summed E-state index contributed by atoms with van der Waals surface area (Å²) in [5.41, 5.74) is -2.43. The third kappa shape index (κ3) is 5.71. The molecular weight excluding hydrogens is 473 g/mol. The maximum atomic E-state index is 13.8. The van der Waals surface area contributed by atoms with E-state index in [2.05, 4.69) is 20.5 Å². The fourth-order valence-electron chi connectivity index (χ4n) is 3.39. The first-order chi connectivity index (χ1) is 15.2. The second-order valence-corrected chi connectivity index (χ2v) is 9.12. The highest BCUT2D eigenvalue weighted by atomic mass is 32.2. The van der Waals surface area contributed by atoms with Crippen molar-refractivity contribution in [3.8, 4) is 0 Å². The van der Waals surface area contributed by atoms with Crippen LogP contribution in [0.15, 0.2) is 23.4 Å². The SMILES string of the molecule is Cc1c(C(F)(F)F)nnc(N2CCCC(F)(F)CC2)c1C(=O)Nc1ccnc(S(=N)(N)=O)c1. The average Bonchev–Trinajstić information content (AvgIpc) is 2.86. The van der Waals surface area contributed by atoms with Crippen LogP contribution in [0.5, 0.6) is 0 Å². The minimum atomic E-state index is -4.91. The molecule has 1 aliphatic heterocycles. The Morgan fingerprint density at radius 3 is 2.61 bits per heavy atom. The molecule has 0 saturated carbocycles. The van der Waals surface area contributed by atoms with Crippen LogP contribution in [0.1, 0.15) is 40.9 Å². The predicted molar refractivity (Wildman–Crippen MR) is 108 cm³/mol. The van der Waals surface area contributed by atoms with Crippen molar-refractivity contribution in [1.29, 1.82) is 4.78 Å². The van der Waals surface area contributed by atoms with Crippen molar-refractivity contribution < 1.29 is 31.0 Å². The molecule has 1 unspecified atom stereocenters. The van der Waals surface area contributed by atoms with Crippen LogP contribution in [0.2, 0.25) is 0 Å². The normalized spacial score (nSPS) is 18.3. The van der Waals surface area contributed by atoms with E-state index in [0.717, 1.165) is 19.2 Å². The minimum absolute atomic E-state index is 0.0338. The average molecular weight is 493 g/mol. The second-order valence-electron chi connectivity index (χ2n) is 7.50. The molecule has 0 aromatic carbocycles. The van der Waals surface area contributed by atoms with Crippen LogP contribution in [0.25, 0.3) is 0 Å². The Balaban J connectivity index is 2.05. The molecule has 0 radical (unpaired) electrons. The first-order valence-corrected chi connectivity index (χ1v) is 11.2. The van der Waals surface area contributed by atoms with Crippen LogP contribution in [0.3, 0.4) is 0 Å². The maximum Gasteiger partial charge on any atom is 0.435 e. The van der Waals surface area contributed by atoms with Gasteiger partial charge in [-0.2, -0.15) is 13.2 Å². The Morgan fingerprint density at radius 1 is 1.27 bits per heavy atom. The molecule has 2 aromatic rings. The highest BCUT2D eigenvalue weighted by Gasteiger charge is 2.39. The van der Waals surface area contributed by atoms with Gasteiger partial charge in [-0.3, -0.25) is 4.79 Å². The van der Waals surface area contributed by atoms with E-state index < -0.39 is 57.6 Å². The van der Waals surface area contributed by atoms with E-state index in [1.54, 1.807) is 0 Å². The third-order valence-corrected chi connectivity index (χ3v) is 5.86. The summed E-state index contributed by atoms with van der Waals surface area (Å²) in [6.45, 7) is 0.847. The van der Waals surface area contributed by atoms with E-state index >= 15 is 0 Å². The lowest BCUT2D eigenvalue weighted by Gasteiger charge is -2.25. The van der Waals surface area contributed by atoms with Crippen molar-refractivity contribution in [2.45, 2.75) is 43.3 Å². The van der Waals surface area contributed by atoms with Gasteiger partial charge in [-0.05, 0) is 31.0 Å². The molecule has 1 aliphatic rings. The van der Waals surface area contributed by atoms with Gasteiger partial charge in [0.05, 0.1) is 5.56 Å². The number of nitrogens with zero attached hydrogens (tertiary/aromatic N) is 4. The number of aromatic nitrogens is 3. The lowest BCUT2D eigenvalue weighted by Crippen LogP contribution is -2.31. The first kappa shape index (κ1) is 24.7. The van der Waals surface area contributed by atoms with Crippen LogP contribution in [0.4, 0.5) is 33.5 Å². The van der Waals surface area contributed by atoms with Crippen molar-refractivity contribution in [3.63, 3.8) is 0 Å². The van der Waals surface area contributed by atoms with Gasteiger partial charge in [0.2, 0.25) is 5.92 Å². The molecule has 1 fully saturated rings. The van der Waals surface area contributed by atoms with E-state index in [1.165, 1.54) is 11.0 Å². The summed E-state index contributed by atoms with van der Waals surface area (Å²) in [4.78, 5) is 18.1. The molecule has 4 N–H and O–H groups in total. The van der Waals surface area contributed by atoms with Crippen LogP contribution >= 0.6 is 0 Å². The third-order valence-electron chi connectivity index (χ3n) is 5.02. The van der Waals surface area contributed by atoms with Gasteiger partial charge in [0, 0.05) is 37.8 Å². The maximum absolute atomic E-state index is 13.8. The van der Waals surface area contributed by atoms with Crippen molar-refractivity contribution in [3.05, 3.63) is 35.2 Å². The van der Waals surface area contributed by atoms with E-state index in [-0.39, 0.29) is 36.0 Å². The van der Waals surface area contributed by atoms with Crippen LogP contribution in [0, 0.1) is 11.7 Å².